The first-order valence-electron chi connectivity index (χ1n) is 6.88. The van der Waals surface area contributed by atoms with Crippen molar-refractivity contribution in [2.75, 3.05) is 27.8 Å². The van der Waals surface area contributed by atoms with Crippen molar-refractivity contribution in [1.29, 1.82) is 0 Å². The molecule has 1 N–H and O–H groups in total. The van der Waals surface area contributed by atoms with E-state index in [1.165, 1.54) is 14.2 Å². The van der Waals surface area contributed by atoms with Gasteiger partial charge in [-0.2, -0.15) is 0 Å². The molecule has 0 spiro atoms. The predicted molar refractivity (Wildman–Crippen MR) is 82.3 cm³/mol. The number of rotatable bonds is 4. The average molecular weight is 327 g/mol. The van der Waals surface area contributed by atoms with Crippen molar-refractivity contribution in [1.82, 2.24) is 10.2 Å². The Labute approximate surface area is 134 Å². The highest BCUT2D eigenvalue weighted by Crippen LogP contribution is 2.22. The number of nitrogens with zero attached hydrogens (tertiary/aromatic N) is 1. The second-order valence-electron chi connectivity index (χ2n) is 5.26. The van der Waals surface area contributed by atoms with E-state index in [1.807, 2.05) is 11.9 Å². The Bertz CT molecular complexity index is 579. The Kier molecular flexibility index (Phi) is 5.26. The second kappa shape index (κ2) is 6.98. The maximum absolute atomic E-state index is 12.3. The predicted octanol–water partition coefficient (Wildman–Crippen LogP) is 1.32. The topological polar surface area (TPSA) is 67.9 Å². The summed E-state index contributed by atoms with van der Waals surface area (Å²) in [4.78, 5) is 25.8. The highest BCUT2D eigenvalue weighted by Gasteiger charge is 2.35. The van der Waals surface area contributed by atoms with Crippen LogP contribution in [0.1, 0.15) is 16.8 Å². The van der Waals surface area contributed by atoms with Crippen LogP contribution in [-0.4, -0.2) is 56.7 Å². The number of carbonyl (C=O) groups excluding carboxylic acids is 2. The van der Waals surface area contributed by atoms with Gasteiger partial charge in [0.1, 0.15) is 11.8 Å². The van der Waals surface area contributed by atoms with Gasteiger partial charge in [0.25, 0.3) is 5.91 Å². The van der Waals surface area contributed by atoms with E-state index in [9.17, 15) is 9.59 Å². The van der Waals surface area contributed by atoms with Crippen molar-refractivity contribution in [3.05, 3.63) is 28.8 Å². The lowest BCUT2D eigenvalue weighted by Gasteiger charge is -2.15. The van der Waals surface area contributed by atoms with E-state index in [-0.39, 0.29) is 24.0 Å². The molecule has 1 saturated heterocycles. The quantitative estimate of drug-likeness (QED) is 0.845. The van der Waals surface area contributed by atoms with E-state index < -0.39 is 0 Å². The number of esters is 1. The lowest BCUT2D eigenvalue weighted by molar-refractivity contribution is -0.145. The molecule has 0 unspecified atom stereocenters. The van der Waals surface area contributed by atoms with Crippen molar-refractivity contribution in [3.8, 4) is 5.75 Å². The fraction of sp³-hybridized carbons (Fsp3) is 0.467. The van der Waals surface area contributed by atoms with Crippen molar-refractivity contribution in [2.45, 2.75) is 18.5 Å². The Morgan fingerprint density at radius 3 is 2.68 bits per heavy atom. The third kappa shape index (κ3) is 3.69. The van der Waals surface area contributed by atoms with Gasteiger partial charge in [-0.1, -0.05) is 11.6 Å². The van der Waals surface area contributed by atoms with Crippen LogP contribution in [0.25, 0.3) is 0 Å². The fourth-order valence-electron chi connectivity index (χ4n) is 2.60. The van der Waals surface area contributed by atoms with Crippen LogP contribution in [0.4, 0.5) is 0 Å². The summed E-state index contributed by atoms with van der Waals surface area (Å²) in [6.45, 7) is 0.587. The van der Waals surface area contributed by atoms with Crippen LogP contribution in [0.15, 0.2) is 18.2 Å². The number of likely N-dealkylation sites (N-methyl/N-ethyl adjacent to an activating group) is 1. The molecule has 1 aliphatic heterocycles. The molecule has 1 fully saturated rings. The standard InChI is InChI=1S/C15H19ClN2O4/c1-18-8-11(7-13(18)15(20)22-3)17-14(19)9-4-10(16)6-12(5-9)21-2/h4-6,11,13H,7-8H2,1-3H3,(H,17,19)/t11-,13+/m1/s1. The summed E-state index contributed by atoms with van der Waals surface area (Å²) in [5.41, 5.74) is 0.425. The number of nitrogens with one attached hydrogen (secondary N) is 1. The molecule has 1 aromatic carbocycles. The highest BCUT2D eigenvalue weighted by molar-refractivity contribution is 6.31. The van der Waals surface area contributed by atoms with Crippen LogP contribution in [-0.2, 0) is 9.53 Å². The molecule has 0 aliphatic carbocycles. The molecule has 0 aromatic heterocycles. The maximum atomic E-state index is 12.3. The van der Waals surface area contributed by atoms with E-state index in [4.69, 9.17) is 21.1 Å². The van der Waals surface area contributed by atoms with E-state index in [1.54, 1.807) is 18.2 Å². The lowest BCUT2D eigenvalue weighted by atomic mass is 10.1. The third-order valence-corrected chi connectivity index (χ3v) is 3.94. The van der Waals surface area contributed by atoms with Gasteiger partial charge in [-0.25, -0.2) is 0 Å². The summed E-state index contributed by atoms with van der Waals surface area (Å²) in [6, 6.07) is 4.39. The first-order chi connectivity index (χ1) is 10.4. The summed E-state index contributed by atoms with van der Waals surface area (Å²) in [6.07, 6.45) is 0.520. The summed E-state index contributed by atoms with van der Waals surface area (Å²) < 4.78 is 9.86. The number of amides is 1. The first-order valence-corrected chi connectivity index (χ1v) is 7.26. The van der Waals surface area contributed by atoms with E-state index in [0.717, 1.165) is 0 Å². The number of likely N-dealkylation sites (tertiary alicyclic amines) is 1. The lowest BCUT2D eigenvalue weighted by Crippen LogP contribution is -2.36. The Hall–Kier alpha value is -1.79. The van der Waals surface area contributed by atoms with Gasteiger partial charge in [0.2, 0.25) is 0 Å². The number of benzene rings is 1. The fourth-order valence-corrected chi connectivity index (χ4v) is 2.82. The molecule has 0 saturated carbocycles. The van der Waals surface area contributed by atoms with Gasteiger partial charge in [-0.3, -0.25) is 14.5 Å². The highest BCUT2D eigenvalue weighted by atomic mass is 35.5. The smallest absolute Gasteiger partial charge is 0.323 e. The minimum Gasteiger partial charge on any atom is -0.497 e. The van der Waals surface area contributed by atoms with E-state index in [2.05, 4.69) is 5.32 Å². The molecular weight excluding hydrogens is 308 g/mol. The molecule has 2 atom stereocenters. The van der Waals surface area contributed by atoms with Gasteiger partial charge in [-0.05, 0) is 31.7 Å². The maximum Gasteiger partial charge on any atom is 0.323 e. The van der Waals surface area contributed by atoms with Gasteiger partial charge in [0, 0.05) is 23.2 Å². The average Bonchev–Trinajstić information content (AvgIpc) is 2.86. The Morgan fingerprint density at radius 2 is 2.05 bits per heavy atom. The van der Waals surface area contributed by atoms with Crippen LogP contribution in [0.2, 0.25) is 5.02 Å². The monoisotopic (exact) mass is 326 g/mol. The molecule has 22 heavy (non-hydrogen) atoms. The normalized spacial score (nSPS) is 21.5. The molecule has 1 heterocycles. The van der Waals surface area contributed by atoms with E-state index >= 15 is 0 Å². The molecule has 1 aromatic rings. The van der Waals surface area contributed by atoms with Gasteiger partial charge in [-0.15, -0.1) is 0 Å². The summed E-state index contributed by atoms with van der Waals surface area (Å²) in [5.74, 6) is -0.0120. The van der Waals surface area contributed by atoms with Crippen molar-refractivity contribution in [3.63, 3.8) is 0 Å². The molecule has 1 amide bonds. The Balaban J connectivity index is 2.04. The number of hydrogen-bond donors (Lipinski definition) is 1. The molecule has 6 nitrogen and oxygen atoms in total. The van der Waals surface area contributed by atoms with Gasteiger partial charge in [0.05, 0.1) is 14.2 Å². The van der Waals surface area contributed by atoms with E-state index in [0.29, 0.717) is 29.3 Å². The number of carbonyl (C=O) groups is 2. The molecule has 7 heteroatoms. The second-order valence-corrected chi connectivity index (χ2v) is 5.70. The number of hydrogen-bond acceptors (Lipinski definition) is 5. The number of ether oxygens (including phenoxy) is 2. The molecule has 2 rings (SSSR count). The first kappa shape index (κ1) is 16.6. The van der Waals surface area contributed by atoms with Crippen molar-refractivity contribution >= 4 is 23.5 Å². The van der Waals surface area contributed by atoms with Crippen LogP contribution < -0.4 is 10.1 Å². The summed E-state index contributed by atoms with van der Waals surface area (Å²) >= 11 is 5.97. The minimum absolute atomic E-state index is 0.119. The molecule has 1 aliphatic rings. The van der Waals surface area contributed by atoms with Crippen LogP contribution >= 0.6 is 11.6 Å². The van der Waals surface area contributed by atoms with Gasteiger partial charge in [0.15, 0.2) is 0 Å². The van der Waals surface area contributed by atoms with Gasteiger partial charge >= 0.3 is 5.97 Å². The zero-order chi connectivity index (χ0) is 16.3. The molecule has 0 bridgehead atoms. The van der Waals surface area contributed by atoms with Crippen molar-refractivity contribution in [2.24, 2.45) is 0 Å². The van der Waals surface area contributed by atoms with Crippen LogP contribution in [0.5, 0.6) is 5.75 Å². The molecule has 120 valence electrons. The zero-order valence-corrected chi connectivity index (χ0v) is 13.5. The van der Waals surface area contributed by atoms with Crippen LogP contribution in [0.3, 0.4) is 0 Å². The van der Waals surface area contributed by atoms with Gasteiger partial charge < -0.3 is 14.8 Å². The molecule has 0 radical (unpaired) electrons. The zero-order valence-electron chi connectivity index (χ0n) is 12.8. The summed E-state index contributed by atoms with van der Waals surface area (Å²) in [5, 5.41) is 3.34. The largest absolute Gasteiger partial charge is 0.497 e. The number of halogens is 1. The number of methoxy groups -OCH3 is 2. The minimum atomic E-state index is -0.329. The SMILES string of the molecule is COC(=O)[C@@H]1C[C@@H](NC(=O)c2cc(Cl)cc(OC)c2)CN1C. The van der Waals surface area contributed by atoms with Crippen LogP contribution in [0, 0.1) is 0 Å². The Morgan fingerprint density at radius 1 is 1.32 bits per heavy atom. The molecular formula is C15H19ClN2O4. The van der Waals surface area contributed by atoms with Crippen molar-refractivity contribution < 1.29 is 19.1 Å². The summed E-state index contributed by atoms with van der Waals surface area (Å²) in [7, 11) is 4.71. The third-order valence-electron chi connectivity index (χ3n) is 3.73.